The third kappa shape index (κ3) is 2.38. The molecule has 0 saturated heterocycles. The number of hydrogen-bond acceptors (Lipinski definition) is 1. The Hall–Kier alpha value is -0.300. The fourth-order valence-corrected chi connectivity index (χ4v) is 2.54. The minimum atomic E-state index is 0.190. The van der Waals surface area contributed by atoms with Gasteiger partial charge in [0, 0.05) is 6.61 Å². The molecule has 0 aromatic rings. The van der Waals surface area contributed by atoms with Gasteiger partial charge in [-0.05, 0) is 37.5 Å². The van der Waals surface area contributed by atoms with Crippen molar-refractivity contribution in [3.05, 3.63) is 11.6 Å². The van der Waals surface area contributed by atoms with Gasteiger partial charge in [-0.1, -0.05) is 38.3 Å². The number of hydrogen-bond donors (Lipinski definition) is 1. The summed E-state index contributed by atoms with van der Waals surface area (Å²) >= 11 is 0. The van der Waals surface area contributed by atoms with Crippen LogP contribution in [0.15, 0.2) is 11.6 Å². The summed E-state index contributed by atoms with van der Waals surface area (Å²) in [6.45, 7) is 7.05. The van der Waals surface area contributed by atoms with Crippen LogP contribution in [-0.2, 0) is 0 Å². The van der Waals surface area contributed by atoms with Crippen LogP contribution >= 0.6 is 0 Å². The molecule has 1 aliphatic carbocycles. The largest absolute Gasteiger partial charge is 0.396 e. The van der Waals surface area contributed by atoms with Crippen molar-refractivity contribution in [2.24, 2.45) is 11.3 Å². The van der Waals surface area contributed by atoms with Crippen LogP contribution in [-0.4, -0.2) is 11.7 Å². The lowest BCUT2D eigenvalue weighted by Gasteiger charge is -2.40. The fourth-order valence-electron chi connectivity index (χ4n) is 2.54. The van der Waals surface area contributed by atoms with Crippen molar-refractivity contribution >= 4 is 0 Å². The summed E-state index contributed by atoms with van der Waals surface area (Å²) in [6, 6.07) is 0. The van der Waals surface area contributed by atoms with Gasteiger partial charge in [0.15, 0.2) is 0 Å². The lowest BCUT2D eigenvalue weighted by molar-refractivity contribution is 0.0609. The van der Waals surface area contributed by atoms with Gasteiger partial charge in [-0.3, -0.25) is 0 Å². The van der Waals surface area contributed by atoms with Crippen molar-refractivity contribution in [2.75, 3.05) is 6.61 Å². The van der Waals surface area contributed by atoms with Gasteiger partial charge in [-0.25, -0.2) is 0 Å². The minimum Gasteiger partial charge on any atom is -0.396 e. The molecule has 1 rings (SSSR count). The van der Waals surface area contributed by atoms with E-state index in [9.17, 15) is 5.11 Å². The molecule has 0 heterocycles. The molecule has 0 spiro atoms. The van der Waals surface area contributed by atoms with Gasteiger partial charge >= 0.3 is 0 Å². The van der Waals surface area contributed by atoms with Gasteiger partial charge in [0.05, 0.1) is 0 Å². The lowest BCUT2D eigenvalue weighted by atomic mass is 9.66. The Kier molecular flexibility index (Phi) is 4.18. The maximum Gasteiger partial charge on any atom is 0.0493 e. The Morgan fingerprint density at radius 1 is 1.57 bits per heavy atom. The first-order chi connectivity index (χ1) is 6.64. The molecule has 0 saturated carbocycles. The molecule has 1 aliphatic rings. The summed E-state index contributed by atoms with van der Waals surface area (Å²) in [7, 11) is 0. The molecule has 0 aliphatic heterocycles. The molecule has 1 heteroatoms. The number of unbranched alkanes of at least 4 members (excludes halogenated alkanes) is 1. The predicted molar refractivity (Wildman–Crippen MR) is 61.2 cm³/mol. The minimum absolute atomic E-state index is 0.190. The Labute approximate surface area is 88.2 Å². The van der Waals surface area contributed by atoms with E-state index in [1.54, 1.807) is 0 Å². The van der Waals surface area contributed by atoms with Crippen molar-refractivity contribution in [2.45, 2.75) is 52.9 Å². The van der Waals surface area contributed by atoms with Crippen molar-refractivity contribution in [3.8, 4) is 0 Å². The van der Waals surface area contributed by atoms with E-state index >= 15 is 0 Å². The molecule has 0 bridgehead atoms. The van der Waals surface area contributed by atoms with Gasteiger partial charge in [0.2, 0.25) is 0 Å². The molecule has 0 fully saturated rings. The van der Waals surface area contributed by atoms with Crippen LogP contribution in [0.2, 0.25) is 0 Å². The lowest BCUT2D eigenvalue weighted by Crippen LogP contribution is -2.34. The van der Waals surface area contributed by atoms with Crippen molar-refractivity contribution in [1.29, 1.82) is 0 Å². The fraction of sp³-hybridized carbons (Fsp3) is 0.846. The predicted octanol–water partition coefficient (Wildman–Crippen LogP) is 3.53. The number of aliphatic hydroxyl groups excluding tert-OH is 1. The molecule has 1 nitrogen and oxygen atoms in total. The molecule has 2 unspecified atom stereocenters. The molecule has 14 heavy (non-hydrogen) atoms. The van der Waals surface area contributed by atoms with E-state index in [1.165, 1.54) is 37.7 Å². The molecule has 82 valence electrons. The van der Waals surface area contributed by atoms with E-state index in [0.29, 0.717) is 12.5 Å². The van der Waals surface area contributed by atoms with Gasteiger partial charge in [-0.2, -0.15) is 0 Å². The number of allylic oxidation sites excluding steroid dienone is 2. The van der Waals surface area contributed by atoms with E-state index in [2.05, 4.69) is 26.8 Å². The molecule has 0 amide bonds. The molecule has 0 aromatic heterocycles. The van der Waals surface area contributed by atoms with Gasteiger partial charge in [-0.15, -0.1) is 0 Å². The topological polar surface area (TPSA) is 20.2 Å². The molecular weight excluding hydrogens is 172 g/mol. The molecule has 1 N–H and O–H groups in total. The summed E-state index contributed by atoms with van der Waals surface area (Å²) in [5.74, 6) is 0.549. The number of aliphatic hydroxyl groups is 1. The molecule has 0 aromatic carbocycles. The van der Waals surface area contributed by atoms with E-state index in [4.69, 9.17) is 0 Å². The van der Waals surface area contributed by atoms with Crippen LogP contribution < -0.4 is 0 Å². The first-order valence-corrected chi connectivity index (χ1v) is 5.93. The van der Waals surface area contributed by atoms with Crippen molar-refractivity contribution in [3.63, 3.8) is 0 Å². The zero-order chi connectivity index (χ0) is 10.6. The summed E-state index contributed by atoms with van der Waals surface area (Å²) in [5, 5.41) is 9.60. The SMILES string of the molecule is CCCCC1(CO)CCC(C)=CC1C. The highest BCUT2D eigenvalue weighted by atomic mass is 16.3. The van der Waals surface area contributed by atoms with Crippen molar-refractivity contribution < 1.29 is 5.11 Å². The van der Waals surface area contributed by atoms with Gasteiger partial charge < -0.3 is 5.11 Å². The van der Waals surface area contributed by atoms with Crippen LogP contribution in [0, 0.1) is 11.3 Å². The van der Waals surface area contributed by atoms with Crippen molar-refractivity contribution in [1.82, 2.24) is 0 Å². The van der Waals surface area contributed by atoms with E-state index in [0.717, 1.165) is 0 Å². The highest BCUT2D eigenvalue weighted by Gasteiger charge is 2.35. The zero-order valence-electron chi connectivity index (χ0n) is 9.84. The van der Waals surface area contributed by atoms with Crippen LogP contribution in [0.3, 0.4) is 0 Å². The maximum absolute atomic E-state index is 9.60. The quantitative estimate of drug-likeness (QED) is 0.682. The zero-order valence-corrected chi connectivity index (χ0v) is 9.84. The molecule has 2 atom stereocenters. The monoisotopic (exact) mass is 196 g/mol. The van der Waals surface area contributed by atoms with Gasteiger partial charge in [0.25, 0.3) is 0 Å². The Bertz CT molecular complexity index is 207. The first-order valence-electron chi connectivity index (χ1n) is 5.93. The normalized spacial score (nSPS) is 32.9. The highest BCUT2D eigenvalue weighted by molar-refractivity contribution is 5.10. The van der Waals surface area contributed by atoms with E-state index in [1.807, 2.05) is 0 Å². The highest BCUT2D eigenvalue weighted by Crippen LogP contribution is 2.43. The summed E-state index contributed by atoms with van der Waals surface area (Å²) in [4.78, 5) is 0. The Morgan fingerprint density at radius 2 is 2.29 bits per heavy atom. The molecule has 0 radical (unpaired) electrons. The standard InChI is InChI=1S/C13H24O/c1-4-5-7-13(10-14)8-6-11(2)9-12(13)3/h9,12,14H,4-8,10H2,1-3H3. The second kappa shape index (κ2) is 4.97. The van der Waals surface area contributed by atoms with E-state index in [-0.39, 0.29) is 5.41 Å². The third-order valence-electron chi connectivity index (χ3n) is 3.86. The van der Waals surface area contributed by atoms with Crippen LogP contribution in [0.25, 0.3) is 0 Å². The summed E-state index contributed by atoms with van der Waals surface area (Å²) in [6.07, 6.45) is 8.37. The average Bonchev–Trinajstić information content (AvgIpc) is 2.18. The van der Waals surface area contributed by atoms with Crippen LogP contribution in [0.5, 0.6) is 0 Å². The smallest absolute Gasteiger partial charge is 0.0493 e. The number of rotatable bonds is 4. The Morgan fingerprint density at radius 3 is 2.79 bits per heavy atom. The van der Waals surface area contributed by atoms with Crippen LogP contribution in [0.1, 0.15) is 52.9 Å². The van der Waals surface area contributed by atoms with E-state index < -0.39 is 0 Å². The average molecular weight is 196 g/mol. The Balaban J connectivity index is 2.69. The maximum atomic E-state index is 9.60. The van der Waals surface area contributed by atoms with Gasteiger partial charge in [0.1, 0.15) is 0 Å². The third-order valence-corrected chi connectivity index (χ3v) is 3.86. The summed E-state index contributed by atoms with van der Waals surface area (Å²) in [5.41, 5.74) is 1.69. The second-order valence-electron chi connectivity index (χ2n) is 4.93. The first kappa shape index (κ1) is 11.8. The van der Waals surface area contributed by atoms with Crippen LogP contribution in [0.4, 0.5) is 0 Å². The molecular formula is C13H24O. The summed E-state index contributed by atoms with van der Waals surface area (Å²) < 4.78 is 0. The second-order valence-corrected chi connectivity index (χ2v) is 4.93.